The number of ether oxygens (including phenoxy) is 1. The van der Waals surface area contributed by atoms with E-state index >= 15 is 0 Å². The van der Waals surface area contributed by atoms with Gasteiger partial charge in [0.2, 0.25) is 5.56 Å². The molecule has 0 radical (unpaired) electrons. The van der Waals surface area contributed by atoms with Gasteiger partial charge in [-0.25, -0.2) is 0 Å². The van der Waals surface area contributed by atoms with Crippen molar-refractivity contribution in [3.05, 3.63) is 57.9 Å². The summed E-state index contributed by atoms with van der Waals surface area (Å²) in [6.07, 6.45) is 2.16. The molecule has 6 heteroatoms. The zero-order valence-electron chi connectivity index (χ0n) is 12.0. The number of carbonyl (C=O) groups is 1. The molecule has 0 aliphatic rings. The van der Waals surface area contributed by atoms with E-state index in [9.17, 15) is 9.59 Å². The predicted octanol–water partition coefficient (Wildman–Crippen LogP) is 1.65. The SMILES string of the molecule is CCc1ccc([C@@H](COC)NC(=O)c2ccc(=O)[nH]c2)o1. The molecule has 2 heterocycles. The van der Waals surface area contributed by atoms with E-state index in [0.717, 1.165) is 12.2 Å². The molecule has 21 heavy (non-hydrogen) atoms. The summed E-state index contributed by atoms with van der Waals surface area (Å²) in [7, 11) is 1.56. The van der Waals surface area contributed by atoms with Gasteiger partial charge in [0.05, 0.1) is 12.2 Å². The molecule has 6 nitrogen and oxygen atoms in total. The fraction of sp³-hybridized carbons (Fsp3) is 0.333. The summed E-state index contributed by atoms with van der Waals surface area (Å²) in [6, 6.07) is 6.11. The summed E-state index contributed by atoms with van der Waals surface area (Å²) < 4.78 is 10.8. The van der Waals surface area contributed by atoms with E-state index in [-0.39, 0.29) is 17.5 Å². The van der Waals surface area contributed by atoms with Gasteiger partial charge in [0.25, 0.3) is 5.91 Å². The predicted molar refractivity (Wildman–Crippen MR) is 77.2 cm³/mol. The number of hydrogen-bond donors (Lipinski definition) is 2. The molecule has 0 saturated carbocycles. The summed E-state index contributed by atoms with van der Waals surface area (Å²) in [5.74, 6) is 1.19. The monoisotopic (exact) mass is 290 g/mol. The molecule has 2 N–H and O–H groups in total. The Morgan fingerprint density at radius 1 is 1.38 bits per heavy atom. The van der Waals surface area contributed by atoms with Gasteiger partial charge >= 0.3 is 0 Å². The van der Waals surface area contributed by atoms with Crippen molar-refractivity contribution in [1.29, 1.82) is 0 Å². The van der Waals surface area contributed by atoms with E-state index in [0.29, 0.717) is 17.9 Å². The number of H-pyrrole nitrogens is 1. The first-order valence-electron chi connectivity index (χ1n) is 6.71. The minimum Gasteiger partial charge on any atom is -0.464 e. The average molecular weight is 290 g/mol. The Morgan fingerprint density at radius 3 is 2.76 bits per heavy atom. The number of carbonyl (C=O) groups excluding carboxylic acids is 1. The van der Waals surface area contributed by atoms with E-state index in [4.69, 9.17) is 9.15 Å². The molecular formula is C15H18N2O4. The van der Waals surface area contributed by atoms with Gasteiger partial charge in [0.1, 0.15) is 17.6 Å². The summed E-state index contributed by atoms with van der Waals surface area (Å²) in [4.78, 5) is 25.6. The first-order chi connectivity index (χ1) is 10.1. The smallest absolute Gasteiger partial charge is 0.253 e. The van der Waals surface area contributed by atoms with Crippen LogP contribution in [-0.4, -0.2) is 24.6 Å². The van der Waals surface area contributed by atoms with Gasteiger partial charge < -0.3 is 19.5 Å². The molecule has 0 aliphatic carbocycles. The zero-order valence-corrected chi connectivity index (χ0v) is 12.0. The van der Waals surface area contributed by atoms with E-state index in [2.05, 4.69) is 10.3 Å². The van der Waals surface area contributed by atoms with Gasteiger partial charge in [0.15, 0.2) is 0 Å². The van der Waals surface area contributed by atoms with Crippen LogP contribution in [0.4, 0.5) is 0 Å². The van der Waals surface area contributed by atoms with Crippen LogP contribution in [-0.2, 0) is 11.2 Å². The largest absolute Gasteiger partial charge is 0.464 e. The Kier molecular flexibility index (Phi) is 4.94. The molecular weight excluding hydrogens is 272 g/mol. The minimum atomic E-state index is -0.380. The van der Waals surface area contributed by atoms with E-state index < -0.39 is 0 Å². The molecule has 2 aromatic heterocycles. The van der Waals surface area contributed by atoms with Crippen LogP contribution in [0, 0.1) is 0 Å². The molecule has 112 valence electrons. The van der Waals surface area contributed by atoms with Crippen molar-refractivity contribution in [2.45, 2.75) is 19.4 Å². The van der Waals surface area contributed by atoms with E-state index in [1.165, 1.54) is 18.3 Å². The lowest BCUT2D eigenvalue weighted by Gasteiger charge is -2.15. The summed E-state index contributed by atoms with van der Waals surface area (Å²) in [6.45, 7) is 2.29. The Balaban J connectivity index is 2.13. The standard InChI is InChI=1S/C15H18N2O4/c1-3-11-5-6-13(21-11)12(9-20-2)17-15(19)10-4-7-14(18)16-8-10/h4-8,12H,3,9H2,1-2H3,(H,16,18)(H,17,19)/t12-/m1/s1. The molecule has 0 aromatic carbocycles. The molecule has 2 aromatic rings. The van der Waals surface area contributed by atoms with Gasteiger partial charge in [-0.3, -0.25) is 9.59 Å². The molecule has 0 bridgehead atoms. The second kappa shape index (κ2) is 6.90. The maximum absolute atomic E-state index is 12.2. The number of nitrogens with one attached hydrogen (secondary N) is 2. The highest BCUT2D eigenvalue weighted by atomic mass is 16.5. The Morgan fingerprint density at radius 2 is 2.19 bits per heavy atom. The molecule has 0 spiro atoms. The summed E-state index contributed by atoms with van der Waals surface area (Å²) in [5.41, 5.74) is 0.122. The first-order valence-corrected chi connectivity index (χ1v) is 6.71. The van der Waals surface area contributed by atoms with Crippen molar-refractivity contribution >= 4 is 5.91 Å². The van der Waals surface area contributed by atoms with Crippen molar-refractivity contribution in [2.24, 2.45) is 0 Å². The Bertz CT molecular complexity index is 639. The average Bonchev–Trinajstić information content (AvgIpc) is 2.96. The van der Waals surface area contributed by atoms with Gasteiger partial charge in [-0.2, -0.15) is 0 Å². The van der Waals surface area contributed by atoms with Crippen LogP contribution in [0.15, 0.2) is 39.7 Å². The van der Waals surface area contributed by atoms with Crippen molar-refractivity contribution in [3.8, 4) is 0 Å². The Hall–Kier alpha value is -2.34. The minimum absolute atomic E-state index is 0.251. The summed E-state index contributed by atoms with van der Waals surface area (Å²) in [5, 5.41) is 2.83. The molecule has 0 unspecified atom stereocenters. The van der Waals surface area contributed by atoms with Crippen molar-refractivity contribution in [3.63, 3.8) is 0 Å². The molecule has 2 rings (SSSR count). The number of aromatic nitrogens is 1. The first kappa shape index (κ1) is 15.1. The molecule has 1 amide bonds. The lowest BCUT2D eigenvalue weighted by Crippen LogP contribution is -2.31. The third-order valence-corrected chi connectivity index (χ3v) is 3.06. The van der Waals surface area contributed by atoms with Crippen LogP contribution < -0.4 is 10.9 Å². The van der Waals surface area contributed by atoms with Crippen LogP contribution in [0.5, 0.6) is 0 Å². The fourth-order valence-corrected chi connectivity index (χ4v) is 1.93. The quantitative estimate of drug-likeness (QED) is 0.847. The number of hydrogen-bond acceptors (Lipinski definition) is 4. The highest BCUT2D eigenvalue weighted by Crippen LogP contribution is 2.18. The lowest BCUT2D eigenvalue weighted by molar-refractivity contribution is 0.0882. The number of methoxy groups -OCH3 is 1. The Labute approximate surface area is 122 Å². The zero-order chi connectivity index (χ0) is 15.2. The second-order valence-corrected chi connectivity index (χ2v) is 4.58. The number of furan rings is 1. The number of rotatable bonds is 6. The van der Waals surface area contributed by atoms with E-state index in [1.807, 2.05) is 19.1 Å². The van der Waals surface area contributed by atoms with Crippen LogP contribution in [0.25, 0.3) is 0 Å². The molecule has 1 atom stereocenters. The number of aromatic amines is 1. The van der Waals surface area contributed by atoms with Crippen LogP contribution in [0.3, 0.4) is 0 Å². The second-order valence-electron chi connectivity index (χ2n) is 4.58. The van der Waals surface area contributed by atoms with Crippen LogP contribution in [0.1, 0.15) is 34.8 Å². The van der Waals surface area contributed by atoms with Gasteiger partial charge in [-0.15, -0.1) is 0 Å². The van der Waals surface area contributed by atoms with Crippen molar-refractivity contribution in [2.75, 3.05) is 13.7 Å². The highest BCUT2D eigenvalue weighted by Gasteiger charge is 2.19. The van der Waals surface area contributed by atoms with Crippen molar-refractivity contribution < 1.29 is 13.9 Å². The third-order valence-electron chi connectivity index (χ3n) is 3.06. The van der Waals surface area contributed by atoms with E-state index in [1.54, 1.807) is 7.11 Å². The fourth-order valence-electron chi connectivity index (χ4n) is 1.93. The normalized spacial score (nSPS) is 12.1. The van der Waals surface area contributed by atoms with Gasteiger partial charge in [-0.1, -0.05) is 6.92 Å². The molecule has 0 fully saturated rings. The maximum atomic E-state index is 12.2. The third kappa shape index (κ3) is 3.82. The van der Waals surface area contributed by atoms with Crippen LogP contribution in [0.2, 0.25) is 0 Å². The van der Waals surface area contributed by atoms with Gasteiger partial charge in [-0.05, 0) is 18.2 Å². The number of pyridine rings is 1. The summed E-state index contributed by atoms with van der Waals surface area (Å²) >= 11 is 0. The topological polar surface area (TPSA) is 84.3 Å². The molecule has 0 aliphatic heterocycles. The highest BCUT2D eigenvalue weighted by molar-refractivity contribution is 5.94. The van der Waals surface area contributed by atoms with Crippen LogP contribution >= 0.6 is 0 Å². The number of amides is 1. The van der Waals surface area contributed by atoms with Gasteiger partial charge in [0, 0.05) is 25.8 Å². The molecule has 0 saturated heterocycles. The number of aryl methyl sites for hydroxylation is 1. The maximum Gasteiger partial charge on any atom is 0.253 e. The lowest BCUT2D eigenvalue weighted by atomic mass is 10.2. The van der Waals surface area contributed by atoms with Crippen molar-refractivity contribution in [1.82, 2.24) is 10.3 Å².